The summed E-state index contributed by atoms with van der Waals surface area (Å²) >= 11 is 0. The Labute approximate surface area is 160 Å². The van der Waals surface area contributed by atoms with Crippen molar-refractivity contribution in [1.82, 2.24) is 5.32 Å². The molecule has 0 radical (unpaired) electrons. The summed E-state index contributed by atoms with van der Waals surface area (Å²) < 4.78 is 0. The molecule has 5 heteroatoms. The first kappa shape index (κ1) is 19.7. The molecule has 4 atom stereocenters. The van der Waals surface area contributed by atoms with Gasteiger partial charge in [0.15, 0.2) is 11.6 Å². The molecule has 1 aliphatic carbocycles. The van der Waals surface area contributed by atoms with E-state index in [1.807, 2.05) is 18.2 Å². The molecule has 1 saturated carbocycles. The Bertz CT molecular complexity index is 702. The second-order valence-corrected chi connectivity index (χ2v) is 8.10. The average Bonchev–Trinajstić information content (AvgIpc) is 3.15. The van der Waals surface area contributed by atoms with Crippen molar-refractivity contribution in [2.24, 2.45) is 17.3 Å². The molecule has 27 heavy (non-hydrogen) atoms. The van der Waals surface area contributed by atoms with Gasteiger partial charge in [0, 0.05) is 12.8 Å². The van der Waals surface area contributed by atoms with Crippen LogP contribution in [0, 0.1) is 17.3 Å². The van der Waals surface area contributed by atoms with Gasteiger partial charge < -0.3 is 10.4 Å². The maximum Gasteiger partial charge on any atom is 0.321 e. The van der Waals surface area contributed by atoms with Crippen molar-refractivity contribution in [1.29, 1.82) is 0 Å². The van der Waals surface area contributed by atoms with Crippen molar-refractivity contribution in [2.45, 2.75) is 57.9 Å². The number of carbonyl (C=O) groups is 3. The van der Waals surface area contributed by atoms with E-state index in [-0.39, 0.29) is 35.2 Å². The van der Waals surface area contributed by atoms with Crippen molar-refractivity contribution < 1.29 is 19.5 Å². The first-order valence-corrected chi connectivity index (χ1v) is 10.0. The van der Waals surface area contributed by atoms with Crippen LogP contribution in [0.15, 0.2) is 30.3 Å². The van der Waals surface area contributed by atoms with Crippen molar-refractivity contribution in [3.63, 3.8) is 0 Å². The Hall–Kier alpha value is -2.01. The SMILES string of the molecule is CCCC(Cc1ccccc1)(C1CCC(=O)C(=O)C1)C1CCNC1C(=O)O. The summed E-state index contributed by atoms with van der Waals surface area (Å²) in [5.74, 6) is -1.35. The molecule has 2 fully saturated rings. The Morgan fingerprint density at radius 1 is 1.19 bits per heavy atom. The smallest absolute Gasteiger partial charge is 0.321 e. The van der Waals surface area contributed by atoms with Gasteiger partial charge in [-0.15, -0.1) is 0 Å². The molecule has 1 aliphatic heterocycles. The maximum atomic E-state index is 12.3. The molecule has 4 unspecified atom stereocenters. The molecule has 1 aromatic rings. The van der Waals surface area contributed by atoms with Gasteiger partial charge in [0.05, 0.1) is 0 Å². The Kier molecular flexibility index (Phi) is 6.10. The number of carboxylic acids is 1. The standard InChI is InChI=1S/C22H29NO4/c1-2-11-22(14-15-6-4-3-5-7-15,16-8-9-18(24)19(25)13-16)17-10-12-23-20(17)21(26)27/h3-7,16-17,20,23H,2,8-14H2,1H3,(H,26,27). The van der Waals surface area contributed by atoms with E-state index >= 15 is 0 Å². The predicted molar refractivity (Wildman–Crippen MR) is 102 cm³/mol. The summed E-state index contributed by atoms with van der Waals surface area (Å²) in [4.78, 5) is 36.0. The van der Waals surface area contributed by atoms with Gasteiger partial charge in [-0.3, -0.25) is 14.4 Å². The zero-order chi connectivity index (χ0) is 19.4. The quantitative estimate of drug-likeness (QED) is 0.720. The number of nitrogens with one attached hydrogen (secondary N) is 1. The van der Waals surface area contributed by atoms with E-state index in [2.05, 4.69) is 24.4 Å². The number of ketones is 2. The van der Waals surface area contributed by atoms with E-state index in [9.17, 15) is 19.5 Å². The summed E-state index contributed by atoms with van der Waals surface area (Å²) in [7, 11) is 0. The van der Waals surface area contributed by atoms with Crippen LogP contribution in [0.2, 0.25) is 0 Å². The van der Waals surface area contributed by atoms with Crippen molar-refractivity contribution in [3.05, 3.63) is 35.9 Å². The number of carbonyl (C=O) groups excluding carboxylic acids is 2. The summed E-state index contributed by atoms with van der Waals surface area (Å²) in [6.45, 7) is 2.80. The van der Waals surface area contributed by atoms with E-state index in [1.54, 1.807) is 0 Å². The number of benzene rings is 1. The molecule has 5 nitrogen and oxygen atoms in total. The van der Waals surface area contributed by atoms with Crippen LogP contribution in [0.25, 0.3) is 0 Å². The van der Waals surface area contributed by atoms with Gasteiger partial charge in [-0.05, 0) is 55.0 Å². The Morgan fingerprint density at radius 2 is 1.93 bits per heavy atom. The minimum Gasteiger partial charge on any atom is -0.480 e. The highest BCUT2D eigenvalue weighted by Crippen LogP contribution is 2.51. The molecule has 3 rings (SSSR count). The molecule has 1 saturated heterocycles. The van der Waals surface area contributed by atoms with E-state index < -0.39 is 12.0 Å². The fourth-order valence-electron chi connectivity index (χ4n) is 5.45. The highest BCUT2D eigenvalue weighted by atomic mass is 16.4. The lowest BCUT2D eigenvalue weighted by molar-refractivity contribution is -0.144. The topological polar surface area (TPSA) is 83.5 Å². The Balaban J connectivity index is 2.03. The minimum absolute atomic E-state index is 0.0406. The van der Waals surface area contributed by atoms with Gasteiger partial charge >= 0.3 is 5.97 Å². The summed E-state index contributed by atoms with van der Waals surface area (Å²) in [6, 6.07) is 9.56. The average molecular weight is 371 g/mol. The van der Waals surface area contributed by atoms with Gasteiger partial charge in [-0.25, -0.2) is 0 Å². The zero-order valence-corrected chi connectivity index (χ0v) is 15.9. The van der Waals surface area contributed by atoms with Crippen LogP contribution in [0.5, 0.6) is 0 Å². The highest BCUT2D eigenvalue weighted by Gasteiger charge is 2.52. The number of Topliss-reactive ketones (excluding diaryl/α,β-unsaturated/α-hetero) is 2. The van der Waals surface area contributed by atoms with Gasteiger partial charge in [0.25, 0.3) is 0 Å². The zero-order valence-electron chi connectivity index (χ0n) is 15.9. The van der Waals surface area contributed by atoms with Gasteiger partial charge in [0.1, 0.15) is 6.04 Å². The largest absolute Gasteiger partial charge is 0.480 e. The van der Waals surface area contributed by atoms with E-state index in [0.717, 1.165) is 25.7 Å². The first-order valence-electron chi connectivity index (χ1n) is 10.0. The number of carboxylic acid groups (broad SMARTS) is 1. The lowest BCUT2D eigenvalue weighted by Gasteiger charge is -2.48. The second-order valence-electron chi connectivity index (χ2n) is 8.10. The third-order valence-electron chi connectivity index (χ3n) is 6.59. The van der Waals surface area contributed by atoms with Crippen LogP contribution in [0.4, 0.5) is 0 Å². The normalized spacial score (nSPS) is 28.1. The fourth-order valence-corrected chi connectivity index (χ4v) is 5.45. The van der Waals surface area contributed by atoms with Crippen LogP contribution in [0.1, 0.15) is 51.0 Å². The summed E-state index contributed by atoms with van der Waals surface area (Å²) in [5, 5.41) is 13.0. The van der Waals surface area contributed by atoms with E-state index in [4.69, 9.17) is 0 Å². The fraction of sp³-hybridized carbons (Fsp3) is 0.591. The van der Waals surface area contributed by atoms with Crippen LogP contribution in [-0.4, -0.2) is 35.2 Å². The molecule has 0 spiro atoms. The van der Waals surface area contributed by atoms with Crippen molar-refractivity contribution >= 4 is 17.5 Å². The van der Waals surface area contributed by atoms with Crippen molar-refractivity contribution in [3.8, 4) is 0 Å². The highest BCUT2D eigenvalue weighted by molar-refractivity contribution is 6.37. The summed E-state index contributed by atoms with van der Waals surface area (Å²) in [5.41, 5.74) is 0.880. The number of aliphatic carboxylic acids is 1. The van der Waals surface area contributed by atoms with Crippen LogP contribution in [-0.2, 0) is 20.8 Å². The maximum absolute atomic E-state index is 12.3. The van der Waals surface area contributed by atoms with Gasteiger partial charge in [-0.1, -0.05) is 43.7 Å². The molecular formula is C22H29NO4. The first-order chi connectivity index (χ1) is 13.0. The molecule has 0 amide bonds. The molecular weight excluding hydrogens is 342 g/mol. The predicted octanol–water partition coefficient (Wildman–Crippen LogP) is 3.02. The van der Waals surface area contributed by atoms with Crippen molar-refractivity contribution in [2.75, 3.05) is 6.54 Å². The molecule has 2 N–H and O–H groups in total. The molecule has 1 aromatic carbocycles. The van der Waals surface area contributed by atoms with Crippen LogP contribution >= 0.6 is 0 Å². The molecule has 0 bridgehead atoms. The molecule has 1 heterocycles. The monoisotopic (exact) mass is 371 g/mol. The number of hydrogen-bond donors (Lipinski definition) is 2. The van der Waals surface area contributed by atoms with Gasteiger partial charge in [0.2, 0.25) is 0 Å². The minimum atomic E-state index is -0.816. The van der Waals surface area contributed by atoms with Gasteiger partial charge in [-0.2, -0.15) is 0 Å². The third kappa shape index (κ3) is 3.98. The lowest BCUT2D eigenvalue weighted by atomic mass is 9.55. The summed E-state index contributed by atoms with van der Waals surface area (Å²) in [6.07, 6.45) is 4.57. The van der Waals surface area contributed by atoms with E-state index in [0.29, 0.717) is 19.4 Å². The number of hydrogen-bond acceptors (Lipinski definition) is 4. The molecule has 0 aromatic heterocycles. The number of rotatable bonds is 7. The molecule has 146 valence electrons. The van der Waals surface area contributed by atoms with Crippen LogP contribution < -0.4 is 5.32 Å². The molecule has 2 aliphatic rings. The third-order valence-corrected chi connectivity index (χ3v) is 6.59. The van der Waals surface area contributed by atoms with Crippen LogP contribution in [0.3, 0.4) is 0 Å². The van der Waals surface area contributed by atoms with E-state index in [1.165, 1.54) is 5.56 Å². The second kappa shape index (κ2) is 8.34. The lowest BCUT2D eigenvalue weighted by Crippen LogP contribution is -2.50. The Morgan fingerprint density at radius 3 is 2.56 bits per heavy atom.